The number of nitrogens with one attached hydrogen (secondary N) is 1. The maximum absolute atomic E-state index is 3.68. The van der Waals surface area contributed by atoms with E-state index in [0.29, 0.717) is 6.04 Å². The second-order valence-electron chi connectivity index (χ2n) is 5.26. The minimum atomic E-state index is 0.575. The quantitative estimate of drug-likeness (QED) is 0.817. The lowest BCUT2D eigenvalue weighted by atomic mass is 9.98. The Hall–Kier alpha value is 0.01000. The first-order valence-electron chi connectivity index (χ1n) is 7.17. The molecule has 0 amide bonds. The number of fused-ring (bicyclic) bond motifs is 1. The van der Waals surface area contributed by atoms with Gasteiger partial charge in [-0.1, -0.05) is 27.2 Å². The number of hydrogen-bond acceptors (Lipinski definition) is 3. The van der Waals surface area contributed by atoms with Crippen LogP contribution in [0.3, 0.4) is 0 Å². The van der Waals surface area contributed by atoms with Gasteiger partial charge in [0.15, 0.2) is 0 Å². The van der Waals surface area contributed by atoms with Crippen LogP contribution in [0, 0.1) is 5.92 Å². The summed E-state index contributed by atoms with van der Waals surface area (Å²) in [4.78, 5) is 3.22. The van der Waals surface area contributed by atoms with Crippen LogP contribution in [-0.2, 0) is 12.2 Å². The summed E-state index contributed by atoms with van der Waals surface area (Å²) in [5.41, 5.74) is 1.61. The first-order valence-corrected chi connectivity index (χ1v) is 9.14. The standard InChI is InChI=1S/C15H25NS2/c1-4-11(3)8-13(16-5-2)15-9-12-10-17-7-6-14(12)18-15/h9,11,13,16H,4-8,10H2,1-3H3. The van der Waals surface area contributed by atoms with Crippen molar-refractivity contribution in [3.05, 3.63) is 21.4 Å². The molecule has 1 aliphatic heterocycles. The second kappa shape index (κ2) is 6.97. The molecule has 0 saturated carbocycles. The Labute approximate surface area is 120 Å². The van der Waals surface area contributed by atoms with Gasteiger partial charge in [-0.05, 0) is 42.7 Å². The highest BCUT2D eigenvalue weighted by molar-refractivity contribution is 7.98. The van der Waals surface area contributed by atoms with E-state index in [1.165, 1.54) is 30.8 Å². The number of rotatable bonds is 6. The zero-order valence-electron chi connectivity index (χ0n) is 11.8. The zero-order valence-corrected chi connectivity index (χ0v) is 13.4. The fourth-order valence-corrected chi connectivity index (χ4v) is 4.92. The molecule has 0 radical (unpaired) electrons. The zero-order chi connectivity index (χ0) is 13.0. The Morgan fingerprint density at radius 2 is 2.22 bits per heavy atom. The van der Waals surface area contributed by atoms with Crippen LogP contribution in [0.25, 0.3) is 0 Å². The summed E-state index contributed by atoms with van der Waals surface area (Å²) in [7, 11) is 0. The molecule has 0 aromatic carbocycles. The highest BCUT2D eigenvalue weighted by Crippen LogP contribution is 2.36. The number of aryl methyl sites for hydroxylation is 1. The third-order valence-electron chi connectivity index (χ3n) is 3.78. The fourth-order valence-electron chi connectivity index (χ4n) is 2.46. The van der Waals surface area contributed by atoms with E-state index in [2.05, 4.69) is 55.3 Å². The minimum Gasteiger partial charge on any atom is -0.310 e. The van der Waals surface area contributed by atoms with E-state index in [9.17, 15) is 0 Å². The van der Waals surface area contributed by atoms with Crippen molar-refractivity contribution in [2.45, 2.75) is 51.8 Å². The molecule has 102 valence electrons. The summed E-state index contributed by atoms with van der Waals surface area (Å²) >= 11 is 4.14. The largest absolute Gasteiger partial charge is 0.310 e. The Balaban J connectivity index is 2.11. The van der Waals surface area contributed by atoms with Gasteiger partial charge < -0.3 is 5.32 Å². The lowest BCUT2D eigenvalue weighted by Crippen LogP contribution is -2.22. The van der Waals surface area contributed by atoms with Crippen molar-refractivity contribution in [3.8, 4) is 0 Å². The Morgan fingerprint density at radius 3 is 2.89 bits per heavy atom. The van der Waals surface area contributed by atoms with Crippen molar-refractivity contribution in [2.75, 3.05) is 12.3 Å². The highest BCUT2D eigenvalue weighted by atomic mass is 32.2. The molecule has 2 heterocycles. The lowest BCUT2D eigenvalue weighted by Gasteiger charge is -2.20. The van der Waals surface area contributed by atoms with Crippen LogP contribution in [0.2, 0.25) is 0 Å². The third kappa shape index (κ3) is 3.52. The molecule has 0 fully saturated rings. The predicted molar refractivity (Wildman–Crippen MR) is 84.7 cm³/mol. The van der Waals surface area contributed by atoms with Gasteiger partial charge in [0.2, 0.25) is 0 Å². The van der Waals surface area contributed by atoms with Gasteiger partial charge in [0, 0.05) is 21.5 Å². The van der Waals surface area contributed by atoms with Crippen LogP contribution >= 0.6 is 23.1 Å². The second-order valence-corrected chi connectivity index (χ2v) is 7.53. The van der Waals surface area contributed by atoms with Crippen molar-refractivity contribution in [1.29, 1.82) is 0 Å². The molecule has 2 atom stereocenters. The topological polar surface area (TPSA) is 12.0 Å². The molecular formula is C15H25NS2. The van der Waals surface area contributed by atoms with Crippen LogP contribution < -0.4 is 5.32 Å². The van der Waals surface area contributed by atoms with E-state index in [1.54, 1.807) is 15.3 Å². The molecule has 0 bridgehead atoms. The average molecular weight is 284 g/mol. The van der Waals surface area contributed by atoms with Crippen molar-refractivity contribution >= 4 is 23.1 Å². The molecule has 0 saturated heterocycles. The summed E-state index contributed by atoms with van der Waals surface area (Å²) < 4.78 is 0. The van der Waals surface area contributed by atoms with Crippen LogP contribution in [0.1, 0.15) is 55.0 Å². The molecule has 3 heteroatoms. The first kappa shape index (κ1) is 14.4. The van der Waals surface area contributed by atoms with Crippen LogP contribution in [0.5, 0.6) is 0 Å². The molecule has 1 nitrogen and oxygen atoms in total. The molecule has 18 heavy (non-hydrogen) atoms. The average Bonchev–Trinajstić information content (AvgIpc) is 2.81. The van der Waals surface area contributed by atoms with Gasteiger partial charge in [0.1, 0.15) is 0 Å². The summed E-state index contributed by atoms with van der Waals surface area (Å²) in [6.45, 7) is 7.95. The highest BCUT2D eigenvalue weighted by Gasteiger charge is 2.20. The van der Waals surface area contributed by atoms with E-state index >= 15 is 0 Å². The SMILES string of the molecule is CCNC(CC(C)CC)c1cc2c(s1)CCSC2. The first-order chi connectivity index (χ1) is 8.74. The van der Waals surface area contributed by atoms with Gasteiger partial charge in [-0.3, -0.25) is 0 Å². The van der Waals surface area contributed by atoms with Gasteiger partial charge in [-0.25, -0.2) is 0 Å². The third-order valence-corrected chi connectivity index (χ3v) is 6.13. The number of thioether (sulfide) groups is 1. The van der Waals surface area contributed by atoms with Crippen LogP contribution in [0.4, 0.5) is 0 Å². The maximum Gasteiger partial charge on any atom is 0.0417 e. The molecule has 1 aliphatic rings. The Bertz CT molecular complexity index is 349. The number of thiophene rings is 1. The maximum atomic E-state index is 3.68. The fraction of sp³-hybridized carbons (Fsp3) is 0.733. The Kier molecular flexibility index (Phi) is 5.58. The lowest BCUT2D eigenvalue weighted by molar-refractivity contribution is 0.412. The molecule has 0 spiro atoms. The molecule has 2 unspecified atom stereocenters. The van der Waals surface area contributed by atoms with E-state index in [-0.39, 0.29) is 0 Å². The summed E-state index contributed by atoms with van der Waals surface area (Å²) in [5, 5.41) is 3.68. The van der Waals surface area contributed by atoms with Crippen LogP contribution in [-0.4, -0.2) is 12.3 Å². The monoisotopic (exact) mass is 283 g/mol. The molecule has 2 rings (SSSR count). The molecule has 1 N–H and O–H groups in total. The van der Waals surface area contributed by atoms with E-state index in [1.807, 2.05) is 0 Å². The van der Waals surface area contributed by atoms with Gasteiger partial charge in [-0.15, -0.1) is 11.3 Å². The van der Waals surface area contributed by atoms with Crippen LogP contribution in [0.15, 0.2) is 6.07 Å². The minimum absolute atomic E-state index is 0.575. The van der Waals surface area contributed by atoms with Gasteiger partial charge in [0.05, 0.1) is 0 Å². The van der Waals surface area contributed by atoms with Gasteiger partial charge in [0.25, 0.3) is 0 Å². The number of hydrogen-bond donors (Lipinski definition) is 1. The van der Waals surface area contributed by atoms with Crippen molar-refractivity contribution in [1.82, 2.24) is 5.32 Å². The molecule has 0 aliphatic carbocycles. The molecular weight excluding hydrogens is 258 g/mol. The van der Waals surface area contributed by atoms with Crippen molar-refractivity contribution < 1.29 is 0 Å². The van der Waals surface area contributed by atoms with Crippen molar-refractivity contribution in [2.24, 2.45) is 5.92 Å². The molecule has 1 aromatic rings. The van der Waals surface area contributed by atoms with Crippen molar-refractivity contribution in [3.63, 3.8) is 0 Å². The predicted octanol–water partition coefficient (Wildman–Crippen LogP) is 4.62. The van der Waals surface area contributed by atoms with E-state index in [4.69, 9.17) is 0 Å². The normalized spacial score (nSPS) is 18.4. The molecule has 1 aromatic heterocycles. The smallest absolute Gasteiger partial charge is 0.0417 e. The van der Waals surface area contributed by atoms with Gasteiger partial charge in [-0.2, -0.15) is 11.8 Å². The summed E-state index contributed by atoms with van der Waals surface area (Å²) in [5.74, 6) is 3.35. The summed E-state index contributed by atoms with van der Waals surface area (Å²) in [6.07, 6.45) is 3.84. The van der Waals surface area contributed by atoms with Gasteiger partial charge >= 0.3 is 0 Å². The summed E-state index contributed by atoms with van der Waals surface area (Å²) in [6, 6.07) is 3.05. The van der Waals surface area contributed by atoms with E-state index in [0.717, 1.165) is 12.5 Å². The Morgan fingerprint density at radius 1 is 1.39 bits per heavy atom. The van der Waals surface area contributed by atoms with E-state index < -0.39 is 0 Å².